The molecule has 0 saturated carbocycles. The molecular formula is C24H26ClF3N4O. The van der Waals surface area contributed by atoms with Crippen LogP contribution in [-0.4, -0.2) is 29.0 Å². The fraction of sp³-hybridized carbons (Fsp3) is 0.375. The van der Waals surface area contributed by atoms with Crippen LogP contribution in [0.25, 0.3) is 10.9 Å². The number of hydrogen-bond donors (Lipinski definition) is 1. The van der Waals surface area contributed by atoms with Crippen LogP contribution in [0.3, 0.4) is 0 Å². The minimum absolute atomic E-state index is 0.0868. The first-order chi connectivity index (χ1) is 15.6. The van der Waals surface area contributed by atoms with E-state index in [2.05, 4.69) is 24.1 Å². The van der Waals surface area contributed by atoms with Crippen LogP contribution in [0, 0.1) is 5.92 Å². The Morgan fingerprint density at radius 3 is 2.58 bits per heavy atom. The van der Waals surface area contributed by atoms with Crippen molar-refractivity contribution in [1.82, 2.24) is 9.97 Å². The number of halogens is 4. The van der Waals surface area contributed by atoms with Gasteiger partial charge in [-0.3, -0.25) is 4.79 Å². The highest BCUT2D eigenvalue weighted by Gasteiger charge is 2.30. The second kappa shape index (κ2) is 10.4. The van der Waals surface area contributed by atoms with Crippen LogP contribution in [0.15, 0.2) is 42.5 Å². The summed E-state index contributed by atoms with van der Waals surface area (Å²) in [6.07, 6.45) is -3.74. The summed E-state index contributed by atoms with van der Waals surface area (Å²) in [5, 5.41) is 3.97. The van der Waals surface area contributed by atoms with E-state index in [4.69, 9.17) is 16.6 Å². The van der Waals surface area contributed by atoms with Crippen LogP contribution in [0.5, 0.6) is 0 Å². The molecule has 0 radical (unpaired) electrons. The Labute approximate surface area is 196 Å². The van der Waals surface area contributed by atoms with Gasteiger partial charge in [0, 0.05) is 42.0 Å². The average Bonchev–Trinajstić information content (AvgIpc) is 2.75. The van der Waals surface area contributed by atoms with Crippen molar-refractivity contribution in [2.75, 3.05) is 23.3 Å². The highest BCUT2D eigenvalue weighted by molar-refractivity contribution is 6.31. The quantitative estimate of drug-likeness (QED) is 0.409. The van der Waals surface area contributed by atoms with E-state index in [-0.39, 0.29) is 18.0 Å². The van der Waals surface area contributed by atoms with Gasteiger partial charge < -0.3 is 10.2 Å². The lowest BCUT2D eigenvalue weighted by Crippen LogP contribution is -2.32. The lowest BCUT2D eigenvalue weighted by Gasteiger charge is -2.27. The van der Waals surface area contributed by atoms with Crippen molar-refractivity contribution in [3.8, 4) is 0 Å². The number of nitrogens with zero attached hydrogens (tertiary/aromatic N) is 3. The van der Waals surface area contributed by atoms with Crippen LogP contribution in [0.4, 0.5) is 24.7 Å². The number of aromatic nitrogens is 2. The molecule has 0 aliphatic rings. The summed E-state index contributed by atoms with van der Waals surface area (Å²) in [6, 6.07) is 10.0. The molecule has 0 atom stereocenters. The molecule has 1 heterocycles. The maximum absolute atomic E-state index is 12.9. The number of amides is 1. The van der Waals surface area contributed by atoms with Gasteiger partial charge >= 0.3 is 6.18 Å². The minimum Gasteiger partial charge on any atom is -0.355 e. The largest absolute Gasteiger partial charge is 0.416 e. The Bertz CT molecular complexity index is 1130. The Balaban J connectivity index is 1.82. The average molecular weight is 479 g/mol. The number of alkyl halides is 3. The molecular weight excluding hydrogens is 453 g/mol. The zero-order valence-electron chi connectivity index (χ0n) is 18.7. The number of aryl methyl sites for hydroxylation is 1. The summed E-state index contributed by atoms with van der Waals surface area (Å²) in [4.78, 5) is 23.9. The van der Waals surface area contributed by atoms with E-state index in [1.807, 2.05) is 17.9 Å². The van der Waals surface area contributed by atoms with Crippen LogP contribution in [0.2, 0.25) is 5.02 Å². The number of rotatable bonds is 8. The van der Waals surface area contributed by atoms with Gasteiger partial charge in [-0.1, -0.05) is 38.4 Å². The lowest BCUT2D eigenvalue weighted by atomic mass is 10.1. The second-order valence-corrected chi connectivity index (χ2v) is 8.63. The van der Waals surface area contributed by atoms with Crippen molar-refractivity contribution in [3.05, 3.63) is 58.9 Å². The van der Waals surface area contributed by atoms with Gasteiger partial charge in [-0.25, -0.2) is 9.97 Å². The second-order valence-electron chi connectivity index (χ2n) is 8.20. The molecule has 2 aromatic carbocycles. The monoisotopic (exact) mass is 478 g/mol. The predicted molar refractivity (Wildman–Crippen MR) is 126 cm³/mol. The van der Waals surface area contributed by atoms with Crippen molar-refractivity contribution < 1.29 is 18.0 Å². The minimum atomic E-state index is -4.47. The number of anilines is 2. The molecule has 0 saturated heterocycles. The Morgan fingerprint density at radius 2 is 1.91 bits per heavy atom. The Hall–Kier alpha value is -2.87. The fourth-order valence-corrected chi connectivity index (χ4v) is 3.66. The van der Waals surface area contributed by atoms with Gasteiger partial charge in [0.15, 0.2) is 0 Å². The molecule has 3 rings (SSSR count). The summed E-state index contributed by atoms with van der Waals surface area (Å²) in [7, 11) is 0. The summed E-state index contributed by atoms with van der Waals surface area (Å²) >= 11 is 6.15. The van der Waals surface area contributed by atoms with Crippen molar-refractivity contribution >= 4 is 39.9 Å². The van der Waals surface area contributed by atoms with Gasteiger partial charge in [-0.15, -0.1) is 0 Å². The third-order valence-electron chi connectivity index (χ3n) is 4.97. The van der Waals surface area contributed by atoms with Gasteiger partial charge in [0.1, 0.15) is 11.6 Å². The summed E-state index contributed by atoms with van der Waals surface area (Å²) in [6.45, 7) is 7.09. The van der Waals surface area contributed by atoms with Crippen molar-refractivity contribution in [3.63, 3.8) is 0 Å². The van der Waals surface area contributed by atoms with E-state index in [9.17, 15) is 18.0 Å². The third kappa shape index (κ3) is 6.57. The molecule has 9 heteroatoms. The molecule has 0 fully saturated rings. The smallest absolute Gasteiger partial charge is 0.355 e. The zero-order valence-corrected chi connectivity index (χ0v) is 19.5. The molecule has 0 bridgehead atoms. The van der Waals surface area contributed by atoms with Gasteiger partial charge in [0.25, 0.3) is 0 Å². The van der Waals surface area contributed by atoms with Gasteiger partial charge in [-0.2, -0.15) is 13.2 Å². The zero-order chi connectivity index (χ0) is 24.2. The first-order valence-corrected chi connectivity index (χ1v) is 11.1. The fourth-order valence-electron chi connectivity index (χ4n) is 3.49. The van der Waals surface area contributed by atoms with Crippen LogP contribution < -0.4 is 10.2 Å². The SMILES string of the molecule is CCc1nc(N(CCC(=O)Nc2cccc(C(F)(F)F)c2)CC(C)C)c2ccc(Cl)cc2n1. The number of nitrogens with one attached hydrogen (secondary N) is 1. The first-order valence-electron chi connectivity index (χ1n) is 10.7. The van der Waals surface area contributed by atoms with Crippen molar-refractivity contribution in [1.29, 1.82) is 0 Å². The highest BCUT2D eigenvalue weighted by atomic mass is 35.5. The van der Waals surface area contributed by atoms with E-state index in [1.165, 1.54) is 12.1 Å². The van der Waals surface area contributed by atoms with E-state index in [0.29, 0.717) is 42.1 Å². The molecule has 1 N–H and O–H groups in total. The van der Waals surface area contributed by atoms with Gasteiger partial charge in [0.2, 0.25) is 5.91 Å². The molecule has 1 aromatic heterocycles. The molecule has 1 amide bonds. The summed E-state index contributed by atoms with van der Waals surface area (Å²) in [5.41, 5.74) is 0.0344. The van der Waals surface area contributed by atoms with E-state index < -0.39 is 11.7 Å². The first kappa shape index (κ1) is 24.8. The third-order valence-corrected chi connectivity index (χ3v) is 5.20. The Kier molecular flexibility index (Phi) is 7.79. The van der Waals surface area contributed by atoms with Crippen LogP contribution in [-0.2, 0) is 17.4 Å². The molecule has 0 unspecified atom stereocenters. The van der Waals surface area contributed by atoms with Crippen LogP contribution in [0.1, 0.15) is 38.6 Å². The molecule has 5 nitrogen and oxygen atoms in total. The van der Waals surface area contributed by atoms with Gasteiger partial charge in [0.05, 0.1) is 11.1 Å². The molecule has 0 aliphatic carbocycles. The number of hydrogen-bond acceptors (Lipinski definition) is 4. The predicted octanol–water partition coefficient (Wildman–Crippen LogP) is 6.36. The van der Waals surface area contributed by atoms with Crippen molar-refractivity contribution in [2.24, 2.45) is 5.92 Å². The van der Waals surface area contributed by atoms with E-state index in [1.54, 1.807) is 12.1 Å². The molecule has 176 valence electrons. The maximum atomic E-state index is 12.9. The number of fused-ring (bicyclic) bond motifs is 1. The Morgan fingerprint density at radius 1 is 1.15 bits per heavy atom. The van der Waals surface area contributed by atoms with Crippen molar-refractivity contribution in [2.45, 2.75) is 39.8 Å². The summed E-state index contributed by atoms with van der Waals surface area (Å²) in [5.74, 6) is 1.30. The highest BCUT2D eigenvalue weighted by Crippen LogP contribution is 2.31. The standard InChI is InChI=1S/C24H26ClF3N4O/c1-4-21-30-20-13-17(25)8-9-19(20)23(31-21)32(14-15(2)3)11-10-22(33)29-18-7-5-6-16(12-18)24(26,27)28/h5-9,12-13,15H,4,10-11,14H2,1-3H3,(H,29,33). The number of benzene rings is 2. The molecule has 0 aliphatic heterocycles. The van der Waals surface area contributed by atoms with Crippen LogP contribution >= 0.6 is 11.6 Å². The molecule has 3 aromatic rings. The maximum Gasteiger partial charge on any atom is 0.416 e. The van der Waals surface area contributed by atoms with E-state index in [0.717, 1.165) is 23.0 Å². The molecule has 0 spiro atoms. The van der Waals surface area contributed by atoms with E-state index >= 15 is 0 Å². The number of carbonyl (C=O) groups is 1. The number of carbonyl (C=O) groups excluding carboxylic acids is 1. The lowest BCUT2D eigenvalue weighted by molar-refractivity contribution is -0.137. The normalized spacial score (nSPS) is 11.8. The topological polar surface area (TPSA) is 58.1 Å². The molecule has 33 heavy (non-hydrogen) atoms. The summed E-state index contributed by atoms with van der Waals surface area (Å²) < 4.78 is 38.8. The van der Waals surface area contributed by atoms with Gasteiger partial charge in [-0.05, 0) is 42.3 Å².